The molecule has 2 aliphatic carbocycles. The number of hydrogen-bond acceptors (Lipinski definition) is 4. The van der Waals surface area contributed by atoms with Gasteiger partial charge in [0.05, 0.1) is 25.7 Å². The summed E-state index contributed by atoms with van der Waals surface area (Å²) in [5.41, 5.74) is 0. The maximum Gasteiger partial charge on any atom is 0.308 e. The zero-order chi connectivity index (χ0) is 11.9. The van der Waals surface area contributed by atoms with Gasteiger partial charge in [-0.3, -0.25) is 4.79 Å². The number of esters is 1. The van der Waals surface area contributed by atoms with E-state index in [9.17, 15) is 4.79 Å². The lowest BCUT2D eigenvalue weighted by atomic mass is 10.0. The summed E-state index contributed by atoms with van der Waals surface area (Å²) < 4.78 is 16.6. The molecule has 0 aromatic rings. The molecule has 1 saturated heterocycles. The number of fused-ring (bicyclic) bond motifs is 1. The molecule has 4 heteroatoms. The van der Waals surface area contributed by atoms with Crippen molar-refractivity contribution in [3.8, 4) is 0 Å². The standard InChI is InChI=1S/C13H20O4/c1-2-15-12(14)9-5-10-7-13(8-11(10)6-9)16-3-4-17-13/h9-11H,2-8H2,1H3/t9?,10-,11+. The lowest BCUT2D eigenvalue weighted by Crippen LogP contribution is -2.28. The summed E-state index contributed by atoms with van der Waals surface area (Å²) in [6.45, 7) is 3.80. The van der Waals surface area contributed by atoms with Gasteiger partial charge in [0.15, 0.2) is 5.79 Å². The Labute approximate surface area is 102 Å². The first kappa shape index (κ1) is 11.5. The molecule has 1 unspecified atom stereocenters. The molecular formula is C13H20O4. The van der Waals surface area contributed by atoms with Gasteiger partial charge in [0.2, 0.25) is 0 Å². The van der Waals surface area contributed by atoms with E-state index in [-0.39, 0.29) is 17.7 Å². The molecule has 3 fully saturated rings. The van der Waals surface area contributed by atoms with E-state index in [0.717, 1.165) is 38.9 Å². The van der Waals surface area contributed by atoms with E-state index < -0.39 is 0 Å². The molecule has 0 aromatic carbocycles. The van der Waals surface area contributed by atoms with Gasteiger partial charge in [0, 0.05) is 12.8 Å². The second-order valence-corrected chi connectivity index (χ2v) is 5.46. The van der Waals surface area contributed by atoms with Gasteiger partial charge in [-0.15, -0.1) is 0 Å². The Kier molecular flexibility index (Phi) is 2.87. The van der Waals surface area contributed by atoms with Crippen LogP contribution < -0.4 is 0 Å². The molecule has 0 amide bonds. The molecule has 0 aromatic heterocycles. The van der Waals surface area contributed by atoms with E-state index >= 15 is 0 Å². The third-order valence-electron chi connectivity index (χ3n) is 4.42. The van der Waals surface area contributed by atoms with E-state index in [0.29, 0.717) is 18.4 Å². The van der Waals surface area contributed by atoms with Crippen LogP contribution in [0.5, 0.6) is 0 Å². The second-order valence-electron chi connectivity index (χ2n) is 5.46. The Bertz CT molecular complexity index is 293. The van der Waals surface area contributed by atoms with Gasteiger partial charge in [0.25, 0.3) is 0 Å². The SMILES string of the molecule is CCOC(=O)C1C[C@@H]2CC3(C[C@@H]2C1)OCCO3. The molecule has 0 radical (unpaired) electrons. The van der Waals surface area contributed by atoms with Crippen LogP contribution >= 0.6 is 0 Å². The molecule has 1 aliphatic heterocycles. The molecule has 3 atom stereocenters. The molecule has 3 aliphatic rings. The molecule has 2 saturated carbocycles. The Hall–Kier alpha value is -0.610. The van der Waals surface area contributed by atoms with Crippen LogP contribution in [0.4, 0.5) is 0 Å². The van der Waals surface area contributed by atoms with Crippen LogP contribution in [0.2, 0.25) is 0 Å². The van der Waals surface area contributed by atoms with Gasteiger partial charge >= 0.3 is 5.97 Å². The zero-order valence-electron chi connectivity index (χ0n) is 10.3. The normalized spacial score (nSPS) is 38.5. The third kappa shape index (κ3) is 1.97. The molecule has 0 bridgehead atoms. The van der Waals surface area contributed by atoms with Gasteiger partial charge in [0.1, 0.15) is 0 Å². The van der Waals surface area contributed by atoms with E-state index in [1.807, 2.05) is 6.92 Å². The molecule has 4 nitrogen and oxygen atoms in total. The van der Waals surface area contributed by atoms with Crippen LogP contribution in [-0.4, -0.2) is 31.6 Å². The summed E-state index contributed by atoms with van der Waals surface area (Å²) in [6, 6.07) is 0. The minimum atomic E-state index is -0.297. The number of carbonyl (C=O) groups excluding carboxylic acids is 1. The largest absolute Gasteiger partial charge is 0.466 e. The zero-order valence-corrected chi connectivity index (χ0v) is 10.3. The molecule has 1 spiro atoms. The maximum absolute atomic E-state index is 11.7. The highest BCUT2D eigenvalue weighted by Gasteiger charge is 2.53. The van der Waals surface area contributed by atoms with Crippen molar-refractivity contribution in [1.82, 2.24) is 0 Å². The predicted molar refractivity (Wildman–Crippen MR) is 60.2 cm³/mol. The van der Waals surface area contributed by atoms with Crippen molar-refractivity contribution in [3.05, 3.63) is 0 Å². The quantitative estimate of drug-likeness (QED) is 0.689. The lowest BCUT2D eigenvalue weighted by molar-refractivity contribution is -0.159. The summed E-state index contributed by atoms with van der Waals surface area (Å²) in [6.07, 6.45) is 3.84. The van der Waals surface area contributed by atoms with Gasteiger partial charge in [-0.05, 0) is 31.6 Å². The Morgan fingerprint density at radius 2 is 1.82 bits per heavy atom. The summed E-state index contributed by atoms with van der Waals surface area (Å²) in [4.78, 5) is 11.7. The van der Waals surface area contributed by atoms with E-state index in [4.69, 9.17) is 14.2 Å². The smallest absolute Gasteiger partial charge is 0.308 e. The van der Waals surface area contributed by atoms with Crippen LogP contribution in [0, 0.1) is 17.8 Å². The van der Waals surface area contributed by atoms with Crippen molar-refractivity contribution < 1.29 is 19.0 Å². The summed E-state index contributed by atoms with van der Waals surface area (Å²) in [5, 5.41) is 0. The first-order chi connectivity index (χ1) is 8.22. The molecule has 0 N–H and O–H groups in total. The van der Waals surface area contributed by atoms with E-state index in [2.05, 4.69) is 0 Å². The van der Waals surface area contributed by atoms with Crippen molar-refractivity contribution in [1.29, 1.82) is 0 Å². The monoisotopic (exact) mass is 240 g/mol. The van der Waals surface area contributed by atoms with Gasteiger partial charge in [-0.25, -0.2) is 0 Å². The molecule has 1 heterocycles. The Morgan fingerprint density at radius 3 is 2.35 bits per heavy atom. The topological polar surface area (TPSA) is 44.8 Å². The Morgan fingerprint density at radius 1 is 1.24 bits per heavy atom. The second kappa shape index (κ2) is 4.25. The average Bonchev–Trinajstić information content (AvgIpc) is 2.94. The van der Waals surface area contributed by atoms with Crippen LogP contribution in [0.1, 0.15) is 32.6 Å². The summed E-state index contributed by atoms with van der Waals surface area (Å²) in [5.74, 6) is 0.979. The minimum Gasteiger partial charge on any atom is -0.466 e. The first-order valence-electron chi connectivity index (χ1n) is 6.67. The third-order valence-corrected chi connectivity index (χ3v) is 4.42. The minimum absolute atomic E-state index is 0.00999. The van der Waals surface area contributed by atoms with Crippen LogP contribution in [-0.2, 0) is 19.0 Å². The summed E-state index contributed by atoms with van der Waals surface area (Å²) >= 11 is 0. The number of hydrogen-bond donors (Lipinski definition) is 0. The van der Waals surface area contributed by atoms with Crippen molar-refractivity contribution in [2.24, 2.45) is 17.8 Å². The van der Waals surface area contributed by atoms with Crippen molar-refractivity contribution >= 4 is 5.97 Å². The molecule has 96 valence electrons. The Balaban J connectivity index is 1.59. The van der Waals surface area contributed by atoms with Gasteiger partial charge in [-0.1, -0.05) is 0 Å². The van der Waals surface area contributed by atoms with Crippen molar-refractivity contribution in [2.45, 2.75) is 38.4 Å². The van der Waals surface area contributed by atoms with Crippen LogP contribution in [0.25, 0.3) is 0 Å². The predicted octanol–water partition coefficient (Wildman–Crippen LogP) is 1.73. The van der Waals surface area contributed by atoms with Crippen LogP contribution in [0.3, 0.4) is 0 Å². The molecule has 17 heavy (non-hydrogen) atoms. The fourth-order valence-electron chi connectivity index (χ4n) is 3.78. The number of rotatable bonds is 2. The highest BCUT2D eigenvalue weighted by molar-refractivity contribution is 5.72. The van der Waals surface area contributed by atoms with Gasteiger partial charge in [-0.2, -0.15) is 0 Å². The highest BCUT2D eigenvalue weighted by Crippen LogP contribution is 2.53. The fraction of sp³-hybridized carbons (Fsp3) is 0.923. The van der Waals surface area contributed by atoms with E-state index in [1.54, 1.807) is 0 Å². The van der Waals surface area contributed by atoms with Crippen molar-refractivity contribution in [3.63, 3.8) is 0 Å². The fourth-order valence-corrected chi connectivity index (χ4v) is 3.78. The summed E-state index contributed by atoms with van der Waals surface area (Å²) in [7, 11) is 0. The highest BCUT2D eigenvalue weighted by atomic mass is 16.7. The van der Waals surface area contributed by atoms with E-state index in [1.165, 1.54) is 0 Å². The first-order valence-corrected chi connectivity index (χ1v) is 6.67. The maximum atomic E-state index is 11.7. The molecule has 3 rings (SSSR count). The van der Waals surface area contributed by atoms with Crippen molar-refractivity contribution in [2.75, 3.05) is 19.8 Å². The average molecular weight is 240 g/mol. The molecular weight excluding hydrogens is 220 g/mol. The lowest BCUT2D eigenvalue weighted by Gasteiger charge is -2.23. The van der Waals surface area contributed by atoms with Crippen LogP contribution in [0.15, 0.2) is 0 Å². The number of carbonyl (C=O) groups is 1. The number of ether oxygens (including phenoxy) is 3. The van der Waals surface area contributed by atoms with Gasteiger partial charge < -0.3 is 14.2 Å².